The van der Waals surface area contributed by atoms with Crippen LogP contribution in [0, 0.1) is 17.7 Å². The van der Waals surface area contributed by atoms with Gasteiger partial charge in [0.2, 0.25) is 5.91 Å². The monoisotopic (exact) mass is 583 g/mol. The van der Waals surface area contributed by atoms with Gasteiger partial charge in [0.05, 0.1) is 27.0 Å². The Morgan fingerprint density at radius 3 is 2.48 bits per heavy atom. The van der Waals surface area contributed by atoms with Gasteiger partial charge in [-0.05, 0) is 54.2 Å². The van der Waals surface area contributed by atoms with E-state index in [4.69, 9.17) is 23.2 Å². The lowest BCUT2D eigenvalue weighted by atomic mass is 10.0. The van der Waals surface area contributed by atoms with Crippen LogP contribution in [0.15, 0.2) is 48.7 Å². The molecule has 11 heteroatoms. The fourth-order valence-corrected chi connectivity index (χ4v) is 5.55. The molecule has 2 N–H and O–H groups in total. The highest BCUT2D eigenvalue weighted by Crippen LogP contribution is 2.48. The minimum absolute atomic E-state index is 0.0453. The van der Waals surface area contributed by atoms with E-state index in [1.54, 1.807) is 19.2 Å². The highest BCUT2D eigenvalue weighted by atomic mass is 35.5. The Morgan fingerprint density at radius 2 is 1.77 bits per heavy atom. The van der Waals surface area contributed by atoms with Crippen LogP contribution in [-0.2, 0) is 4.79 Å². The Morgan fingerprint density at radius 1 is 1.05 bits per heavy atom. The molecule has 3 aromatic rings. The average Bonchev–Trinajstić information content (AvgIpc) is 3.54. The average molecular weight is 584 g/mol. The van der Waals surface area contributed by atoms with Gasteiger partial charge in [-0.2, -0.15) is 0 Å². The summed E-state index contributed by atoms with van der Waals surface area (Å²) < 4.78 is 14.6. The van der Waals surface area contributed by atoms with E-state index >= 15 is 0 Å². The van der Waals surface area contributed by atoms with Gasteiger partial charge in [0, 0.05) is 51.9 Å². The Labute approximate surface area is 241 Å². The van der Waals surface area contributed by atoms with Gasteiger partial charge in [-0.3, -0.25) is 14.4 Å². The molecule has 40 heavy (non-hydrogen) atoms. The van der Waals surface area contributed by atoms with Crippen molar-refractivity contribution in [1.82, 2.24) is 15.6 Å². The molecule has 1 aromatic heterocycles. The number of carbonyl (C=O) groups excluding carboxylic acids is 3. The largest absolute Gasteiger partial charge is 0.369 e. The molecule has 0 bridgehead atoms. The second kappa shape index (κ2) is 11.4. The third-order valence-electron chi connectivity index (χ3n) is 7.32. The number of amides is 3. The van der Waals surface area contributed by atoms with Crippen LogP contribution in [0.1, 0.15) is 34.2 Å². The highest BCUT2D eigenvalue weighted by molar-refractivity contribution is 6.34. The number of aromatic nitrogens is 1. The molecule has 8 nitrogen and oxygen atoms in total. The fourth-order valence-electron chi connectivity index (χ4n) is 5.09. The number of benzene rings is 2. The van der Waals surface area contributed by atoms with Crippen LogP contribution in [-0.4, -0.2) is 55.9 Å². The van der Waals surface area contributed by atoms with Crippen LogP contribution in [0.3, 0.4) is 0 Å². The smallest absolute Gasteiger partial charge is 0.269 e. The van der Waals surface area contributed by atoms with E-state index in [-0.39, 0.29) is 28.7 Å². The van der Waals surface area contributed by atoms with E-state index in [0.717, 1.165) is 24.3 Å². The van der Waals surface area contributed by atoms with E-state index in [2.05, 4.69) is 20.5 Å². The van der Waals surface area contributed by atoms with Crippen LogP contribution in [0.5, 0.6) is 0 Å². The molecular formula is C29H28Cl2FN5O3. The minimum Gasteiger partial charge on any atom is -0.369 e. The number of carbonyl (C=O) groups is 3. The summed E-state index contributed by atoms with van der Waals surface area (Å²) in [6.45, 7) is 3.67. The topological polar surface area (TPSA) is 94.6 Å². The Kier molecular flexibility index (Phi) is 7.96. The molecular weight excluding hydrogens is 556 g/mol. The zero-order chi connectivity index (χ0) is 28.6. The van der Waals surface area contributed by atoms with E-state index in [1.165, 1.54) is 42.6 Å². The molecule has 2 unspecified atom stereocenters. The number of anilines is 2. The van der Waals surface area contributed by atoms with Crippen LogP contribution >= 0.6 is 23.2 Å². The van der Waals surface area contributed by atoms with E-state index in [1.807, 2.05) is 12.1 Å². The van der Waals surface area contributed by atoms with Crippen LogP contribution in [0.4, 0.5) is 15.8 Å². The minimum atomic E-state index is -0.684. The summed E-state index contributed by atoms with van der Waals surface area (Å²) in [5, 5.41) is 5.75. The highest BCUT2D eigenvalue weighted by Gasteiger charge is 2.45. The van der Waals surface area contributed by atoms with Crippen molar-refractivity contribution >= 4 is 52.3 Å². The summed E-state index contributed by atoms with van der Waals surface area (Å²) in [5.41, 5.74) is 2.75. The van der Waals surface area contributed by atoms with Crippen molar-refractivity contribution < 1.29 is 18.8 Å². The van der Waals surface area contributed by atoms with Crippen molar-refractivity contribution in [2.24, 2.45) is 11.8 Å². The van der Waals surface area contributed by atoms with Gasteiger partial charge in [0.25, 0.3) is 11.8 Å². The van der Waals surface area contributed by atoms with Gasteiger partial charge in [-0.25, -0.2) is 9.37 Å². The van der Waals surface area contributed by atoms with Gasteiger partial charge < -0.3 is 20.4 Å². The number of hydrogen-bond acceptors (Lipinski definition) is 5. The molecule has 2 aliphatic rings. The fraction of sp³-hybridized carbons (Fsp3) is 0.310. The van der Waals surface area contributed by atoms with Crippen molar-refractivity contribution in [2.75, 3.05) is 43.0 Å². The SMILES string of the molecule is CC(=O)NCCNC(=O)c1cc(-c2ccc(N(C)C(=O)c3c(F)cccc3Cl)c(N3CC4CC4C3)c2)c(Cl)cn1. The Bertz CT molecular complexity index is 1470. The molecule has 2 fully saturated rings. The molecule has 2 aromatic carbocycles. The number of fused-ring (bicyclic) bond motifs is 1. The molecule has 3 amide bonds. The zero-order valence-corrected chi connectivity index (χ0v) is 23.5. The lowest BCUT2D eigenvalue weighted by Gasteiger charge is -2.29. The second-order valence-electron chi connectivity index (χ2n) is 10.1. The molecule has 1 saturated carbocycles. The summed E-state index contributed by atoms with van der Waals surface area (Å²) in [4.78, 5) is 44.9. The molecule has 1 saturated heterocycles. The molecule has 1 aliphatic carbocycles. The predicted octanol–water partition coefficient (Wildman–Crippen LogP) is 4.79. The van der Waals surface area contributed by atoms with E-state index in [9.17, 15) is 18.8 Å². The number of pyridine rings is 1. The molecule has 0 radical (unpaired) electrons. The quantitative estimate of drug-likeness (QED) is 0.372. The van der Waals surface area contributed by atoms with Gasteiger partial charge in [0.15, 0.2) is 0 Å². The number of hydrogen-bond donors (Lipinski definition) is 2. The predicted molar refractivity (Wildman–Crippen MR) is 154 cm³/mol. The first-order valence-electron chi connectivity index (χ1n) is 12.9. The van der Waals surface area contributed by atoms with Crippen molar-refractivity contribution in [2.45, 2.75) is 13.3 Å². The summed E-state index contributed by atoms with van der Waals surface area (Å²) in [7, 11) is 1.60. The van der Waals surface area contributed by atoms with Crippen LogP contribution in [0.25, 0.3) is 11.1 Å². The molecule has 0 spiro atoms. The maximum Gasteiger partial charge on any atom is 0.269 e. The van der Waals surface area contributed by atoms with E-state index < -0.39 is 17.6 Å². The van der Waals surface area contributed by atoms with Crippen LogP contribution in [0.2, 0.25) is 10.0 Å². The van der Waals surface area contributed by atoms with Crippen molar-refractivity contribution in [1.29, 1.82) is 0 Å². The van der Waals surface area contributed by atoms with Crippen molar-refractivity contribution in [3.63, 3.8) is 0 Å². The zero-order valence-electron chi connectivity index (χ0n) is 22.0. The van der Waals surface area contributed by atoms with Gasteiger partial charge in [-0.1, -0.05) is 35.3 Å². The third kappa shape index (κ3) is 5.76. The second-order valence-corrected chi connectivity index (χ2v) is 10.9. The molecule has 208 valence electrons. The summed E-state index contributed by atoms with van der Waals surface area (Å²) >= 11 is 12.7. The molecule has 5 rings (SSSR count). The number of halogens is 3. The third-order valence-corrected chi connectivity index (χ3v) is 7.94. The normalized spacial score (nSPS) is 17.3. The first kappa shape index (κ1) is 27.9. The standard InChI is InChI=1S/C29H28Cl2FN5O3/c1-16(38)33-8-9-34-28(39)24-12-20(22(31)13-35-24)17-6-7-25(26(11-17)37-14-18-10-19(18)15-37)36(2)29(40)27-21(30)4-3-5-23(27)32/h3-7,11-13,18-19H,8-10,14-15H2,1-2H3,(H,33,38)(H,34,39). The Balaban J connectivity index is 1.47. The van der Waals surface area contributed by atoms with Gasteiger partial charge in [-0.15, -0.1) is 0 Å². The van der Waals surface area contributed by atoms with Gasteiger partial charge in [0.1, 0.15) is 11.5 Å². The van der Waals surface area contributed by atoms with Crippen molar-refractivity contribution in [3.8, 4) is 11.1 Å². The number of nitrogens with one attached hydrogen (secondary N) is 2. The first-order chi connectivity index (χ1) is 19.1. The maximum absolute atomic E-state index is 14.6. The number of nitrogens with zero attached hydrogens (tertiary/aromatic N) is 3. The maximum atomic E-state index is 14.6. The summed E-state index contributed by atoms with van der Waals surface area (Å²) in [6.07, 6.45) is 2.62. The number of rotatable bonds is 8. The van der Waals surface area contributed by atoms with Gasteiger partial charge >= 0.3 is 0 Å². The van der Waals surface area contributed by atoms with Crippen molar-refractivity contribution in [3.05, 3.63) is 75.8 Å². The Hall–Kier alpha value is -3.69. The lowest BCUT2D eigenvalue weighted by Crippen LogP contribution is -2.34. The molecule has 1 aliphatic heterocycles. The van der Waals surface area contributed by atoms with E-state index in [0.29, 0.717) is 34.7 Å². The summed E-state index contributed by atoms with van der Waals surface area (Å²) in [5.74, 6) is -0.573. The summed E-state index contributed by atoms with van der Waals surface area (Å²) in [6, 6.07) is 11.3. The first-order valence-corrected chi connectivity index (χ1v) is 13.7. The lowest BCUT2D eigenvalue weighted by molar-refractivity contribution is -0.118. The molecule has 2 atom stereocenters. The van der Waals surface area contributed by atoms with Crippen LogP contribution < -0.4 is 20.4 Å². The molecule has 2 heterocycles. The number of piperidine rings is 1.